The molecule has 558 valence electrons. The van der Waals surface area contributed by atoms with Gasteiger partial charge < -0.3 is 77.3 Å². The number of carbonyl (C=O) groups excluding carboxylic acids is 9. The van der Waals surface area contributed by atoms with Crippen molar-refractivity contribution in [3.8, 4) is 11.5 Å². The van der Waals surface area contributed by atoms with Crippen molar-refractivity contribution in [1.82, 2.24) is 20.4 Å². The minimum absolute atomic E-state index is 0.0165. The van der Waals surface area contributed by atoms with Gasteiger partial charge in [0.05, 0.1) is 141 Å². The predicted molar refractivity (Wildman–Crippen MR) is 370 cm³/mol. The van der Waals surface area contributed by atoms with Crippen LogP contribution in [0.25, 0.3) is 0 Å². The van der Waals surface area contributed by atoms with Crippen molar-refractivity contribution in [1.29, 1.82) is 0 Å². The molecule has 0 saturated carbocycles. The first kappa shape index (κ1) is 82.4. The SMILES string of the molecule is CC(C)(C)OC(=O)COc1ccc(C[C@H](NC(=O)CCOCCOCCOCCOCCN2C(=O)c3ccccc3C2=O)C(=O)O)cc1.CC(C)(C)OC(=O)COc1ccc(C[C@H](NC(=O)CCOCCOCCOCCOCCN2C(=O)c3ccccc3C2=O)C(=O)OCc2ccccc2)cc1. The maximum Gasteiger partial charge on any atom is 0.344 e. The molecule has 2 heterocycles. The zero-order valence-electron chi connectivity index (χ0n) is 59.2. The fraction of sp³-hybridized carbons (Fsp3) is 0.467. The molecule has 7 rings (SSSR count). The van der Waals surface area contributed by atoms with E-state index in [4.69, 9.17) is 61.6 Å². The van der Waals surface area contributed by atoms with E-state index in [1.54, 1.807) is 139 Å². The second-order valence-corrected chi connectivity index (χ2v) is 25.1. The first-order valence-electron chi connectivity index (χ1n) is 33.9. The summed E-state index contributed by atoms with van der Waals surface area (Å²) in [5, 5.41) is 14.8. The molecule has 0 fully saturated rings. The lowest BCUT2D eigenvalue weighted by Crippen LogP contribution is -2.43. The molecule has 0 saturated heterocycles. The van der Waals surface area contributed by atoms with Crippen LogP contribution in [0, 0.1) is 0 Å². The Balaban J connectivity index is 0.000000327. The average Bonchev–Trinajstić information content (AvgIpc) is 1.66. The molecule has 6 amide bonds. The van der Waals surface area contributed by atoms with Gasteiger partial charge in [0, 0.05) is 25.7 Å². The van der Waals surface area contributed by atoms with Gasteiger partial charge in [0.15, 0.2) is 13.2 Å². The normalized spacial score (nSPS) is 13.1. The molecule has 0 aliphatic carbocycles. The third-order valence-corrected chi connectivity index (χ3v) is 14.6. The Morgan fingerprint density at radius 2 is 0.699 bits per heavy atom. The van der Waals surface area contributed by atoms with Gasteiger partial charge in [-0.1, -0.05) is 78.9 Å². The summed E-state index contributed by atoms with van der Waals surface area (Å²) in [5.41, 5.74) is 2.64. The summed E-state index contributed by atoms with van der Waals surface area (Å²) >= 11 is 0. The summed E-state index contributed by atoms with van der Waals surface area (Å²) in [6.07, 6.45) is 0.240. The van der Waals surface area contributed by atoms with Crippen LogP contribution >= 0.6 is 0 Å². The number of hydrogen-bond donors (Lipinski definition) is 3. The van der Waals surface area contributed by atoms with Crippen molar-refractivity contribution < 1.29 is 115 Å². The van der Waals surface area contributed by atoms with E-state index in [0.717, 1.165) is 11.1 Å². The van der Waals surface area contributed by atoms with E-state index in [9.17, 15) is 53.1 Å². The maximum absolute atomic E-state index is 13.1. The number of imide groups is 2. The Morgan fingerprint density at radius 1 is 0.388 bits per heavy atom. The van der Waals surface area contributed by atoms with E-state index in [1.165, 1.54) is 9.80 Å². The minimum atomic E-state index is -1.17. The molecule has 0 aromatic heterocycles. The lowest BCUT2D eigenvalue weighted by molar-refractivity contribution is -0.158. The van der Waals surface area contributed by atoms with Gasteiger partial charge in [-0.3, -0.25) is 38.6 Å². The van der Waals surface area contributed by atoms with Crippen LogP contribution in [-0.2, 0) is 100 Å². The third-order valence-electron chi connectivity index (χ3n) is 14.6. The Bertz CT molecular complexity index is 3450. The Morgan fingerprint density at radius 3 is 1.04 bits per heavy atom. The summed E-state index contributed by atoms with van der Waals surface area (Å²) in [6, 6.07) is 34.0. The number of nitrogens with zero attached hydrogens (tertiary/aromatic N) is 2. The van der Waals surface area contributed by atoms with Gasteiger partial charge in [-0.15, -0.1) is 0 Å². The molecule has 5 aromatic carbocycles. The van der Waals surface area contributed by atoms with Crippen LogP contribution in [0.1, 0.15) is 113 Å². The standard InChI is InChI=1S/C41H50N2O12.C34H44N2O12/c1-41(2,3)55-37(45)29-53-32-15-13-30(14-16-32)27-35(40(48)54-28-31-9-5-4-6-10-31)42-36(44)17-19-49-21-23-51-25-26-52-24-22-50-20-18-43-38(46)33-11-7-8-12-34(33)39(43)47;1-34(2,3)48-30(38)23-47-25-10-8-24(9-11-25)22-28(33(41)42)35-29(37)12-14-43-16-18-45-20-21-46-19-17-44-15-13-36-31(39)26-6-4-5-7-27(26)32(36)40/h4-16,35H,17-29H2,1-3H3,(H,42,44);4-11,28H,12-23H2,1-3H3,(H,35,37)(H,41,42)/t35-;28-/m00/s1. The quantitative estimate of drug-likeness (QED) is 0.0169. The van der Waals surface area contributed by atoms with Gasteiger partial charge in [-0.25, -0.2) is 19.2 Å². The number of rotatable bonds is 46. The third kappa shape index (κ3) is 31.3. The molecule has 3 N–H and O–H groups in total. The number of nitrogens with one attached hydrogen (secondary N) is 2. The van der Waals surface area contributed by atoms with Crippen LogP contribution < -0.4 is 20.1 Å². The van der Waals surface area contributed by atoms with Crippen molar-refractivity contribution in [2.75, 3.05) is 132 Å². The molecule has 0 spiro atoms. The van der Waals surface area contributed by atoms with Gasteiger partial charge >= 0.3 is 23.9 Å². The average molecular weight is 1440 g/mol. The first-order valence-corrected chi connectivity index (χ1v) is 33.9. The van der Waals surface area contributed by atoms with Crippen LogP contribution in [0.15, 0.2) is 127 Å². The smallest absolute Gasteiger partial charge is 0.344 e. The van der Waals surface area contributed by atoms with E-state index >= 15 is 0 Å². The van der Waals surface area contributed by atoms with Crippen molar-refractivity contribution in [3.05, 3.63) is 166 Å². The molecule has 0 bridgehead atoms. The van der Waals surface area contributed by atoms with Crippen LogP contribution in [0.4, 0.5) is 0 Å². The number of benzene rings is 5. The molecule has 2 aliphatic rings. The van der Waals surface area contributed by atoms with Gasteiger partial charge in [-0.2, -0.15) is 0 Å². The molecular weight excluding hydrogens is 1340 g/mol. The number of carbonyl (C=O) groups is 10. The molecule has 28 nitrogen and oxygen atoms in total. The molecule has 2 aliphatic heterocycles. The maximum atomic E-state index is 13.1. The van der Waals surface area contributed by atoms with Crippen LogP contribution in [-0.4, -0.2) is 230 Å². The summed E-state index contributed by atoms with van der Waals surface area (Å²) in [4.78, 5) is 125. The minimum Gasteiger partial charge on any atom is -0.482 e. The zero-order chi connectivity index (χ0) is 74.4. The molecule has 2 atom stereocenters. The molecule has 103 heavy (non-hydrogen) atoms. The van der Waals surface area contributed by atoms with Crippen LogP contribution in [0.3, 0.4) is 0 Å². The summed E-state index contributed by atoms with van der Waals surface area (Å²) in [6.45, 7) is 14.9. The fourth-order valence-corrected chi connectivity index (χ4v) is 9.75. The fourth-order valence-electron chi connectivity index (χ4n) is 9.75. The molecule has 28 heteroatoms. The number of carboxylic acid groups (broad SMARTS) is 1. The molecule has 5 aromatic rings. The largest absolute Gasteiger partial charge is 0.482 e. The second kappa shape index (κ2) is 44.1. The van der Waals surface area contributed by atoms with Gasteiger partial charge in [0.25, 0.3) is 23.6 Å². The number of amides is 6. The van der Waals surface area contributed by atoms with Gasteiger partial charge in [0.2, 0.25) is 11.8 Å². The molecule has 0 radical (unpaired) electrons. The Kier molecular flexibility index (Phi) is 35.3. The number of ether oxygens (including phenoxy) is 13. The summed E-state index contributed by atoms with van der Waals surface area (Å²) in [7, 11) is 0. The van der Waals surface area contributed by atoms with Crippen LogP contribution in [0.2, 0.25) is 0 Å². The van der Waals surface area contributed by atoms with Crippen molar-refractivity contribution in [2.45, 2.75) is 97.1 Å². The monoisotopic (exact) mass is 1430 g/mol. The summed E-state index contributed by atoms with van der Waals surface area (Å²) in [5.74, 6) is -3.93. The highest BCUT2D eigenvalue weighted by molar-refractivity contribution is 6.22. The van der Waals surface area contributed by atoms with E-state index in [-0.39, 0.29) is 134 Å². The lowest BCUT2D eigenvalue weighted by atomic mass is 10.1. The lowest BCUT2D eigenvalue weighted by Gasteiger charge is -2.19. The van der Waals surface area contributed by atoms with E-state index in [1.807, 2.05) is 30.3 Å². The van der Waals surface area contributed by atoms with E-state index in [0.29, 0.717) is 98.8 Å². The van der Waals surface area contributed by atoms with Gasteiger partial charge in [-0.05, 0) is 107 Å². The highest BCUT2D eigenvalue weighted by Crippen LogP contribution is 2.24. The Labute approximate surface area is 599 Å². The number of fused-ring (bicyclic) bond motifs is 2. The number of esters is 3. The zero-order valence-corrected chi connectivity index (χ0v) is 59.2. The van der Waals surface area contributed by atoms with Crippen molar-refractivity contribution in [3.63, 3.8) is 0 Å². The van der Waals surface area contributed by atoms with Crippen LogP contribution in [0.5, 0.6) is 11.5 Å². The van der Waals surface area contributed by atoms with Crippen molar-refractivity contribution >= 4 is 59.3 Å². The predicted octanol–water partition coefficient (Wildman–Crippen LogP) is 6.20. The van der Waals surface area contributed by atoms with Crippen molar-refractivity contribution in [2.24, 2.45) is 0 Å². The second-order valence-electron chi connectivity index (χ2n) is 25.1. The van der Waals surface area contributed by atoms with E-state index in [2.05, 4.69) is 10.6 Å². The Hall–Kier alpha value is -9.52. The highest BCUT2D eigenvalue weighted by Gasteiger charge is 2.36. The number of hydrogen-bond acceptors (Lipinski definition) is 23. The van der Waals surface area contributed by atoms with Gasteiger partial charge in [0.1, 0.15) is 41.4 Å². The highest BCUT2D eigenvalue weighted by atomic mass is 16.6. The summed E-state index contributed by atoms with van der Waals surface area (Å²) < 4.78 is 70.7. The molecule has 0 unspecified atom stereocenters. The topological polar surface area (TPSA) is 341 Å². The van der Waals surface area contributed by atoms with E-state index < -0.39 is 53.1 Å². The number of carboxylic acids is 1. The molecular formula is C75H94N4O24. The number of aliphatic carboxylic acids is 1. The first-order chi connectivity index (χ1) is 49.4.